The number of carbonyl (C=O) groups excluding carboxylic acids is 1. The average Bonchev–Trinajstić information content (AvgIpc) is 2.63. The van der Waals surface area contributed by atoms with Gasteiger partial charge < -0.3 is 10.0 Å². The molecule has 0 spiro atoms. The lowest BCUT2D eigenvalue weighted by Gasteiger charge is -2.19. The van der Waals surface area contributed by atoms with Crippen LogP contribution in [0.3, 0.4) is 0 Å². The van der Waals surface area contributed by atoms with E-state index in [4.69, 9.17) is 5.11 Å². The zero-order valence-corrected chi connectivity index (χ0v) is 10.5. The van der Waals surface area contributed by atoms with Gasteiger partial charge in [-0.1, -0.05) is 31.5 Å². The van der Waals surface area contributed by atoms with Crippen molar-refractivity contribution in [3.05, 3.63) is 29.3 Å². The fraction of sp³-hybridized carbons (Fsp3) is 0.429. The van der Waals surface area contributed by atoms with E-state index in [0.717, 1.165) is 29.7 Å². The molecule has 0 unspecified atom stereocenters. The zero-order chi connectivity index (χ0) is 13.1. The molecule has 0 bridgehead atoms. The fourth-order valence-electron chi connectivity index (χ4n) is 2.43. The molecule has 0 saturated carbocycles. The first-order valence-corrected chi connectivity index (χ1v) is 6.26. The van der Waals surface area contributed by atoms with Crippen molar-refractivity contribution in [1.82, 2.24) is 0 Å². The summed E-state index contributed by atoms with van der Waals surface area (Å²) in [6, 6.07) is 5.94. The molecule has 1 aromatic rings. The molecule has 4 nitrogen and oxygen atoms in total. The summed E-state index contributed by atoms with van der Waals surface area (Å²) in [5, 5.41) is 8.74. The van der Waals surface area contributed by atoms with Crippen molar-refractivity contribution >= 4 is 17.6 Å². The quantitative estimate of drug-likeness (QED) is 0.865. The number of nitrogens with zero attached hydrogens (tertiary/aromatic N) is 1. The lowest BCUT2D eigenvalue weighted by molar-refractivity contribution is -0.136. The maximum Gasteiger partial charge on any atom is 0.305 e. The molecule has 18 heavy (non-hydrogen) atoms. The van der Waals surface area contributed by atoms with Crippen LogP contribution in [0.4, 0.5) is 5.69 Å². The van der Waals surface area contributed by atoms with Crippen molar-refractivity contribution in [3.63, 3.8) is 0 Å². The molecule has 4 heteroatoms. The van der Waals surface area contributed by atoms with E-state index in [2.05, 4.69) is 6.92 Å². The number of carboxylic acids is 1. The highest BCUT2D eigenvalue weighted by molar-refractivity contribution is 6.02. The number of rotatable bonds is 5. The van der Waals surface area contributed by atoms with Crippen molar-refractivity contribution in [2.45, 2.75) is 32.6 Å². The Hall–Kier alpha value is -1.84. The number of hydrogen-bond donors (Lipinski definition) is 1. The SMILES string of the molecule is CCCc1cccc2c1N(CCC(=O)O)C(=O)C2. The Kier molecular flexibility index (Phi) is 3.65. The molecule has 0 atom stereocenters. The summed E-state index contributed by atoms with van der Waals surface area (Å²) in [5.74, 6) is -0.862. The molecule has 1 aliphatic heterocycles. The molecule has 1 aliphatic rings. The van der Waals surface area contributed by atoms with Crippen LogP contribution in [0.5, 0.6) is 0 Å². The molecule has 96 valence electrons. The minimum absolute atomic E-state index is 0.00829. The van der Waals surface area contributed by atoms with Gasteiger partial charge >= 0.3 is 5.97 Å². The van der Waals surface area contributed by atoms with Gasteiger partial charge in [-0.05, 0) is 17.5 Å². The smallest absolute Gasteiger partial charge is 0.305 e. The Morgan fingerprint density at radius 2 is 2.22 bits per heavy atom. The summed E-state index contributed by atoms with van der Waals surface area (Å²) in [7, 11) is 0. The van der Waals surface area contributed by atoms with E-state index >= 15 is 0 Å². The number of benzene rings is 1. The van der Waals surface area contributed by atoms with E-state index in [1.54, 1.807) is 4.90 Å². The van der Waals surface area contributed by atoms with E-state index in [1.165, 1.54) is 0 Å². The van der Waals surface area contributed by atoms with Crippen molar-refractivity contribution in [1.29, 1.82) is 0 Å². The molecule has 1 heterocycles. The first kappa shape index (κ1) is 12.6. The molecule has 1 N–H and O–H groups in total. The first-order chi connectivity index (χ1) is 8.63. The Balaban J connectivity index is 2.29. The van der Waals surface area contributed by atoms with Crippen LogP contribution >= 0.6 is 0 Å². The van der Waals surface area contributed by atoms with E-state index < -0.39 is 5.97 Å². The van der Waals surface area contributed by atoms with Gasteiger partial charge in [0, 0.05) is 6.54 Å². The molecule has 0 aromatic heterocycles. The van der Waals surface area contributed by atoms with Gasteiger partial charge in [0.15, 0.2) is 0 Å². The number of fused-ring (bicyclic) bond motifs is 1. The van der Waals surface area contributed by atoms with Gasteiger partial charge in [0.2, 0.25) is 5.91 Å². The highest BCUT2D eigenvalue weighted by atomic mass is 16.4. The predicted molar refractivity (Wildman–Crippen MR) is 68.7 cm³/mol. The molecule has 0 saturated heterocycles. The van der Waals surface area contributed by atoms with E-state index in [0.29, 0.717) is 6.42 Å². The zero-order valence-electron chi connectivity index (χ0n) is 10.5. The minimum Gasteiger partial charge on any atom is -0.481 e. The predicted octanol–water partition coefficient (Wildman–Crippen LogP) is 2.00. The van der Waals surface area contributed by atoms with Crippen LogP contribution in [0, 0.1) is 0 Å². The number of amides is 1. The molecular weight excluding hydrogens is 230 g/mol. The third kappa shape index (κ3) is 2.37. The second-order valence-electron chi connectivity index (χ2n) is 4.54. The molecule has 2 rings (SSSR count). The molecule has 0 radical (unpaired) electrons. The summed E-state index contributed by atoms with van der Waals surface area (Å²) in [4.78, 5) is 24.2. The molecule has 0 aliphatic carbocycles. The van der Waals surface area contributed by atoms with E-state index in [1.807, 2.05) is 18.2 Å². The van der Waals surface area contributed by atoms with Crippen LogP contribution in [-0.4, -0.2) is 23.5 Å². The summed E-state index contributed by atoms with van der Waals surface area (Å²) < 4.78 is 0. The molecule has 1 aromatic carbocycles. The number of para-hydroxylation sites is 1. The fourth-order valence-corrected chi connectivity index (χ4v) is 2.43. The number of aliphatic carboxylic acids is 1. The van der Waals surface area contributed by atoms with Gasteiger partial charge in [0.25, 0.3) is 0 Å². The second-order valence-corrected chi connectivity index (χ2v) is 4.54. The number of anilines is 1. The number of carbonyl (C=O) groups is 2. The Morgan fingerprint density at radius 1 is 1.44 bits per heavy atom. The number of carboxylic acid groups (broad SMARTS) is 1. The third-order valence-electron chi connectivity index (χ3n) is 3.18. The van der Waals surface area contributed by atoms with Gasteiger partial charge in [-0.3, -0.25) is 9.59 Å². The van der Waals surface area contributed by atoms with Gasteiger partial charge in [0.05, 0.1) is 18.5 Å². The van der Waals surface area contributed by atoms with Crippen molar-refractivity contribution in [3.8, 4) is 0 Å². The average molecular weight is 247 g/mol. The summed E-state index contributed by atoms with van der Waals surface area (Å²) in [6.45, 7) is 2.36. The third-order valence-corrected chi connectivity index (χ3v) is 3.18. The summed E-state index contributed by atoms with van der Waals surface area (Å²) in [6.07, 6.45) is 2.32. The van der Waals surface area contributed by atoms with E-state index in [-0.39, 0.29) is 18.9 Å². The van der Waals surface area contributed by atoms with Crippen molar-refractivity contribution in [2.75, 3.05) is 11.4 Å². The lowest BCUT2D eigenvalue weighted by Crippen LogP contribution is -2.29. The largest absolute Gasteiger partial charge is 0.481 e. The monoisotopic (exact) mass is 247 g/mol. The maximum absolute atomic E-state index is 11.9. The van der Waals surface area contributed by atoms with Crippen LogP contribution in [0.25, 0.3) is 0 Å². The maximum atomic E-state index is 11.9. The summed E-state index contributed by atoms with van der Waals surface area (Å²) >= 11 is 0. The number of aryl methyl sites for hydroxylation is 1. The van der Waals surface area contributed by atoms with Crippen LogP contribution in [0.2, 0.25) is 0 Å². The standard InChI is InChI=1S/C14H17NO3/c1-2-4-10-5-3-6-11-9-12(16)15(14(10)11)8-7-13(17)18/h3,5-6H,2,4,7-9H2,1H3,(H,17,18). The molecule has 1 amide bonds. The van der Waals surface area contributed by atoms with Gasteiger partial charge in [-0.25, -0.2) is 0 Å². The van der Waals surface area contributed by atoms with Gasteiger partial charge in [-0.2, -0.15) is 0 Å². The topological polar surface area (TPSA) is 57.6 Å². The van der Waals surface area contributed by atoms with Crippen molar-refractivity contribution < 1.29 is 14.7 Å². The number of hydrogen-bond acceptors (Lipinski definition) is 2. The highest BCUT2D eigenvalue weighted by Crippen LogP contribution is 2.33. The summed E-state index contributed by atoms with van der Waals surface area (Å²) in [5.41, 5.74) is 3.12. The molecular formula is C14H17NO3. The van der Waals surface area contributed by atoms with Gasteiger partial charge in [-0.15, -0.1) is 0 Å². The van der Waals surface area contributed by atoms with E-state index in [9.17, 15) is 9.59 Å². The van der Waals surface area contributed by atoms with Gasteiger partial charge in [0.1, 0.15) is 0 Å². The van der Waals surface area contributed by atoms with Crippen LogP contribution in [0.1, 0.15) is 30.9 Å². The Morgan fingerprint density at radius 3 is 2.89 bits per heavy atom. The Bertz CT molecular complexity index is 482. The van der Waals surface area contributed by atoms with Crippen LogP contribution < -0.4 is 4.90 Å². The van der Waals surface area contributed by atoms with Crippen molar-refractivity contribution in [2.24, 2.45) is 0 Å². The molecule has 0 fully saturated rings. The highest BCUT2D eigenvalue weighted by Gasteiger charge is 2.29. The normalized spacial score (nSPS) is 13.8. The first-order valence-electron chi connectivity index (χ1n) is 6.26. The van der Waals surface area contributed by atoms with Crippen LogP contribution in [-0.2, 0) is 22.4 Å². The minimum atomic E-state index is -0.871. The second kappa shape index (κ2) is 5.21. The van der Waals surface area contributed by atoms with Crippen LogP contribution in [0.15, 0.2) is 18.2 Å². The Labute approximate surface area is 106 Å². The lowest BCUT2D eigenvalue weighted by atomic mass is 10.0.